The number of carbonyl (C=O) groups excluding carboxylic acids is 1. The molecule has 2 aromatic carbocycles. The number of rotatable bonds is 9. The van der Waals surface area contributed by atoms with Crippen LogP contribution in [0.1, 0.15) is 24.4 Å². The second-order valence-electron chi connectivity index (χ2n) is 6.02. The van der Waals surface area contributed by atoms with Crippen LogP contribution in [0.3, 0.4) is 0 Å². The van der Waals surface area contributed by atoms with Crippen LogP contribution in [0.4, 0.5) is 0 Å². The minimum absolute atomic E-state index is 0.0765. The molecule has 0 aliphatic rings. The molecule has 26 heavy (non-hydrogen) atoms. The standard InChI is InChI=1S/C19H24N2O4S/c1-26(23,24)17-11-9-16(10-12-17)25-13-5-8-19(22)21-14-18(20)15-6-3-2-4-7-15/h2-4,6-7,9-12,18H,5,8,13-14,20H2,1H3,(H,21,22). The molecule has 0 aliphatic carbocycles. The summed E-state index contributed by atoms with van der Waals surface area (Å²) in [7, 11) is -3.21. The first-order chi connectivity index (χ1) is 12.4. The van der Waals surface area contributed by atoms with Crippen molar-refractivity contribution in [2.75, 3.05) is 19.4 Å². The number of carbonyl (C=O) groups is 1. The lowest BCUT2D eigenvalue weighted by Gasteiger charge is -2.13. The fourth-order valence-electron chi connectivity index (χ4n) is 2.34. The molecule has 1 amide bonds. The van der Waals surface area contributed by atoms with E-state index in [9.17, 15) is 13.2 Å². The number of hydrogen-bond donors (Lipinski definition) is 2. The number of amides is 1. The third kappa shape index (κ3) is 6.50. The van der Waals surface area contributed by atoms with Crippen molar-refractivity contribution in [1.82, 2.24) is 5.32 Å². The van der Waals surface area contributed by atoms with Crippen LogP contribution in [0.5, 0.6) is 5.75 Å². The van der Waals surface area contributed by atoms with Crippen molar-refractivity contribution in [3.05, 3.63) is 60.2 Å². The zero-order chi connectivity index (χ0) is 19.0. The highest BCUT2D eigenvalue weighted by Gasteiger charge is 2.08. The lowest BCUT2D eigenvalue weighted by molar-refractivity contribution is -0.121. The summed E-state index contributed by atoms with van der Waals surface area (Å²) in [5.74, 6) is 0.497. The summed E-state index contributed by atoms with van der Waals surface area (Å²) in [5.41, 5.74) is 7.01. The summed E-state index contributed by atoms with van der Waals surface area (Å²) in [6.45, 7) is 0.757. The van der Waals surface area contributed by atoms with E-state index in [1.165, 1.54) is 12.1 Å². The topological polar surface area (TPSA) is 98.5 Å². The van der Waals surface area contributed by atoms with E-state index >= 15 is 0 Å². The largest absolute Gasteiger partial charge is 0.494 e. The lowest BCUT2D eigenvalue weighted by Crippen LogP contribution is -2.31. The quantitative estimate of drug-likeness (QED) is 0.653. The maximum absolute atomic E-state index is 11.9. The third-order valence-corrected chi connectivity index (χ3v) is 4.94. The van der Waals surface area contributed by atoms with Gasteiger partial charge in [0.15, 0.2) is 9.84 Å². The summed E-state index contributed by atoms with van der Waals surface area (Å²) >= 11 is 0. The number of ether oxygens (including phenoxy) is 1. The Morgan fingerprint density at radius 1 is 1.12 bits per heavy atom. The summed E-state index contributed by atoms with van der Waals surface area (Å²) in [5, 5.41) is 2.82. The summed E-state index contributed by atoms with van der Waals surface area (Å²) in [6, 6.07) is 15.6. The van der Waals surface area contributed by atoms with Gasteiger partial charge in [0.25, 0.3) is 0 Å². The van der Waals surface area contributed by atoms with Crippen molar-refractivity contribution < 1.29 is 17.9 Å². The molecule has 1 unspecified atom stereocenters. The number of sulfone groups is 1. The first kappa shape index (κ1) is 19.9. The zero-order valence-corrected chi connectivity index (χ0v) is 15.5. The van der Waals surface area contributed by atoms with Crippen molar-refractivity contribution >= 4 is 15.7 Å². The molecule has 2 aromatic rings. The Morgan fingerprint density at radius 2 is 1.77 bits per heavy atom. The van der Waals surface area contributed by atoms with E-state index in [-0.39, 0.29) is 16.8 Å². The normalized spacial score (nSPS) is 12.4. The molecule has 6 nitrogen and oxygen atoms in total. The average molecular weight is 376 g/mol. The van der Waals surface area contributed by atoms with Crippen molar-refractivity contribution in [2.24, 2.45) is 5.73 Å². The molecule has 0 spiro atoms. The predicted molar refractivity (Wildman–Crippen MR) is 101 cm³/mol. The zero-order valence-electron chi connectivity index (χ0n) is 14.7. The Balaban J connectivity index is 1.65. The molecule has 0 radical (unpaired) electrons. The fraction of sp³-hybridized carbons (Fsp3) is 0.316. The van der Waals surface area contributed by atoms with E-state index < -0.39 is 9.84 Å². The van der Waals surface area contributed by atoms with Gasteiger partial charge in [-0.15, -0.1) is 0 Å². The maximum Gasteiger partial charge on any atom is 0.220 e. The van der Waals surface area contributed by atoms with E-state index in [0.29, 0.717) is 31.7 Å². The van der Waals surface area contributed by atoms with Gasteiger partial charge in [-0.2, -0.15) is 0 Å². The van der Waals surface area contributed by atoms with Crippen molar-refractivity contribution in [2.45, 2.75) is 23.8 Å². The second-order valence-corrected chi connectivity index (χ2v) is 8.03. The third-order valence-electron chi connectivity index (χ3n) is 3.82. The second kappa shape index (κ2) is 9.35. The van der Waals surface area contributed by atoms with Crippen molar-refractivity contribution in [1.29, 1.82) is 0 Å². The molecule has 7 heteroatoms. The molecule has 2 rings (SSSR count). The van der Waals surface area contributed by atoms with Crippen LogP contribution in [0.2, 0.25) is 0 Å². The Bertz CT molecular complexity index is 805. The smallest absolute Gasteiger partial charge is 0.220 e. The van der Waals surface area contributed by atoms with Crippen LogP contribution in [-0.2, 0) is 14.6 Å². The van der Waals surface area contributed by atoms with E-state index in [1.54, 1.807) is 12.1 Å². The summed E-state index contributed by atoms with van der Waals surface area (Å²) in [4.78, 5) is 12.1. The first-order valence-corrected chi connectivity index (χ1v) is 10.3. The van der Waals surface area contributed by atoms with Crippen LogP contribution >= 0.6 is 0 Å². The minimum Gasteiger partial charge on any atom is -0.494 e. The van der Waals surface area contributed by atoms with Gasteiger partial charge in [0.05, 0.1) is 11.5 Å². The fourth-order valence-corrected chi connectivity index (χ4v) is 2.97. The van der Waals surface area contributed by atoms with E-state index in [2.05, 4.69) is 5.32 Å². The molecular weight excluding hydrogens is 352 g/mol. The van der Waals surface area contributed by atoms with E-state index in [0.717, 1.165) is 11.8 Å². The van der Waals surface area contributed by atoms with Gasteiger partial charge in [0.2, 0.25) is 5.91 Å². The number of nitrogens with one attached hydrogen (secondary N) is 1. The van der Waals surface area contributed by atoms with Gasteiger partial charge in [-0.05, 0) is 36.2 Å². The molecular formula is C19H24N2O4S. The molecule has 0 aliphatic heterocycles. The van der Waals surface area contributed by atoms with Crippen molar-refractivity contribution in [3.63, 3.8) is 0 Å². The molecule has 0 fully saturated rings. The Labute approximate surface area is 154 Å². The molecule has 1 atom stereocenters. The molecule has 140 valence electrons. The summed E-state index contributed by atoms with van der Waals surface area (Å²) < 4.78 is 28.3. The van der Waals surface area contributed by atoms with Crippen LogP contribution in [-0.4, -0.2) is 33.7 Å². The average Bonchev–Trinajstić information content (AvgIpc) is 2.63. The van der Waals surface area contributed by atoms with Crippen molar-refractivity contribution in [3.8, 4) is 5.75 Å². The monoisotopic (exact) mass is 376 g/mol. The highest BCUT2D eigenvalue weighted by molar-refractivity contribution is 7.90. The van der Waals surface area contributed by atoms with Crippen LogP contribution in [0.15, 0.2) is 59.5 Å². The Hall–Kier alpha value is -2.38. The van der Waals surface area contributed by atoms with Gasteiger partial charge >= 0.3 is 0 Å². The summed E-state index contributed by atoms with van der Waals surface area (Å²) in [6.07, 6.45) is 2.05. The Morgan fingerprint density at radius 3 is 2.38 bits per heavy atom. The molecule has 0 saturated carbocycles. The SMILES string of the molecule is CS(=O)(=O)c1ccc(OCCCC(=O)NCC(N)c2ccccc2)cc1. The molecule has 3 N–H and O–H groups in total. The number of hydrogen-bond acceptors (Lipinski definition) is 5. The molecule has 0 saturated heterocycles. The highest BCUT2D eigenvalue weighted by atomic mass is 32.2. The van der Waals surface area contributed by atoms with Gasteiger partial charge in [0.1, 0.15) is 5.75 Å². The number of nitrogens with two attached hydrogens (primary N) is 1. The van der Waals surface area contributed by atoms with Gasteiger partial charge < -0.3 is 15.8 Å². The maximum atomic E-state index is 11.9. The van der Waals surface area contributed by atoms with Gasteiger partial charge in [0, 0.05) is 25.3 Å². The predicted octanol–water partition coefficient (Wildman–Crippen LogP) is 2.07. The van der Waals surface area contributed by atoms with Gasteiger partial charge in [-0.25, -0.2) is 8.42 Å². The van der Waals surface area contributed by atoms with E-state index in [1.807, 2.05) is 30.3 Å². The molecule has 0 aromatic heterocycles. The minimum atomic E-state index is -3.21. The lowest BCUT2D eigenvalue weighted by atomic mass is 10.1. The number of benzene rings is 2. The molecule has 0 bridgehead atoms. The van der Waals surface area contributed by atoms with Crippen LogP contribution < -0.4 is 15.8 Å². The van der Waals surface area contributed by atoms with Crippen LogP contribution in [0.25, 0.3) is 0 Å². The molecule has 0 heterocycles. The van der Waals surface area contributed by atoms with E-state index in [4.69, 9.17) is 10.5 Å². The highest BCUT2D eigenvalue weighted by Crippen LogP contribution is 2.16. The van der Waals surface area contributed by atoms with Crippen LogP contribution in [0, 0.1) is 0 Å². The van der Waals surface area contributed by atoms with Gasteiger partial charge in [-0.3, -0.25) is 4.79 Å². The first-order valence-electron chi connectivity index (χ1n) is 8.36. The van der Waals surface area contributed by atoms with Gasteiger partial charge in [-0.1, -0.05) is 30.3 Å². The Kier molecular flexibility index (Phi) is 7.17.